The lowest BCUT2D eigenvalue weighted by Gasteiger charge is -2.23. The molecular formula is C11H20N4O2S. The topological polar surface area (TPSA) is 97.1 Å². The predicted molar refractivity (Wildman–Crippen MR) is 71.3 cm³/mol. The third-order valence-electron chi connectivity index (χ3n) is 2.89. The Labute approximate surface area is 108 Å². The van der Waals surface area contributed by atoms with Crippen LogP contribution in [0.5, 0.6) is 0 Å². The van der Waals surface area contributed by atoms with Gasteiger partial charge >= 0.3 is 0 Å². The second-order valence-electron chi connectivity index (χ2n) is 4.84. The molecule has 1 aromatic heterocycles. The molecule has 1 rings (SSSR count). The van der Waals surface area contributed by atoms with Gasteiger partial charge < -0.3 is 5.43 Å². The van der Waals surface area contributed by atoms with E-state index in [2.05, 4.69) is 15.1 Å². The van der Waals surface area contributed by atoms with E-state index in [4.69, 9.17) is 5.84 Å². The van der Waals surface area contributed by atoms with Gasteiger partial charge in [-0.3, -0.25) is 0 Å². The van der Waals surface area contributed by atoms with E-state index in [0.29, 0.717) is 6.54 Å². The Balaban J connectivity index is 2.94. The quantitative estimate of drug-likeness (QED) is 0.532. The molecule has 0 saturated carbocycles. The number of hydrogen-bond acceptors (Lipinski definition) is 5. The fourth-order valence-corrected chi connectivity index (χ4v) is 2.57. The maximum Gasteiger partial charge on any atom is 0.244 e. The number of rotatable bonds is 6. The van der Waals surface area contributed by atoms with Crippen molar-refractivity contribution in [2.24, 2.45) is 11.3 Å². The van der Waals surface area contributed by atoms with Crippen molar-refractivity contribution in [1.82, 2.24) is 9.71 Å². The van der Waals surface area contributed by atoms with Gasteiger partial charge in [0.05, 0.1) is 0 Å². The summed E-state index contributed by atoms with van der Waals surface area (Å²) in [5.74, 6) is 5.39. The van der Waals surface area contributed by atoms with Crippen LogP contribution in [-0.4, -0.2) is 19.9 Å². The van der Waals surface area contributed by atoms with E-state index < -0.39 is 10.0 Å². The fraction of sp³-hybridized carbons (Fsp3) is 0.545. The van der Waals surface area contributed by atoms with Gasteiger partial charge in [-0.25, -0.2) is 24.0 Å². The Morgan fingerprint density at radius 1 is 1.44 bits per heavy atom. The fourth-order valence-electron chi connectivity index (χ4n) is 1.21. The van der Waals surface area contributed by atoms with E-state index in [1.165, 1.54) is 12.3 Å². The normalized spacial score (nSPS) is 12.4. The Morgan fingerprint density at radius 2 is 2.11 bits per heavy atom. The van der Waals surface area contributed by atoms with Crippen molar-refractivity contribution in [3.8, 4) is 0 Å². The van der Waals surface area contributed by atoms with Gasteiger partial charge in [0.1, 0.15) is 4.90 Å². The van der Waals surface area contributed by atoms with E-state index in [1.807, 2.05) is 20.8 Å². The number of anilines is 1. The van der Waals surface area contributed by atoms with E-state index in [1.54, 1.807) is 6.07 Å². The number of pyridine rings is 1. The molecule has 0 amide bonds. The summed E-state index contributed by atoms with van der Waals surface area (Å²) in [6, 6.07) is 3.02. The van der Waals surface area contributed by atoms with Crippen LogP contribution in [0.3, 0.4) is 0 Å². The predicted octanol–water partition coefficient (Wildman–Crippen LogP) is 1.08. The Kier molecular flexibility index (Phi) is 4.66. The molecule has 0 aliphatic heterocycles. The maximum absolute atomic E-state index is 12.1. The largest absolute Gasteiger partial charge is 0.307 e. The van der Waals surface area contributed by atoms with E-state index >= 15 is 0 Å². The van der Waals surface area contributed by atoms with Gasteiger partial charge in [0, 0.05) is 12.7 Å². The molecule has 0 unspecified atom stereocenters. The molecule has 0 bridgehead atoms. The third-order valence-corrected chi connectivity index (χ3v) is 4.33. The zero-order valence-corrected chi connectivity index (χ0v) is 11.7. The van der Waals surface area contributed by atoms with Gasteiger partial charge in [-0.15, -0.1) is 0 Å². The SMILES string of the molecule is CCC(C)(C)CNS(=O)(=O)c1cccnc1NN. The van der Waals surface area contributed by atoms with Crippen molar-refractivity contribution in [2.45, 2.75) is 32.1 Å². The molecule has 6 nitrogen and oxygen atoms in total. The van der Waals surface area contributed by atoms with Crippen molar-refractivity contribution in [1.29, 1.82) is 0 Å². The highest BCUT2D eigenvalue weighted by Gasteiger charge is 2.23. The van der Waals surface area contributed by atoms with Crippen LogP contribution < -0.4 is 16.0 Å². The highest BCUT2D eigenvalue weighted by atomic mass is 32.2. The number of nitrogen functional groups attached to an aromatic ring is 1. The highest BCUT2D eigenvalue weighted by molar-refractivity contribution is 7.89. The monoisotopic (exact) mass is 272 g/mol. The summed E-state index contributed by atoms with van der Waals surface area (Å²) in [5, 5.41) is 0. The van der Waals surface area contributed by atoms with Gasteiger partial charge in [0.15, 0.2) is 5.82 Å². The maximum atomic E-state index is 12.1. The summed E-state index contributed by atoms with van der Waals surface area (Å²) < 4.78 is 26.8. The third kappa shape index (κ3) is 3.66. The van der Waals surface area contributed by atoms with Crippen LogP contribution >= 0.6 is 0 Å². The minimum absolute atomic E-state index is 0.0550. The summed E-state index contributed by atoms with van der Waals surface area (Å²) in [4.78, 5) is 3.93. The molecule has 102 valence electrons. The first-order chi connectivity index (χ1) is 8.32. The van der Waals surface area contributed by atoms with Gasteiger partial charge in [-0.2, -0.15) is 0 Å². The Morgan fingerprint density at radius 3 is 2.67 bits per heavy atom. The number of sulfonamides is 1. The summed E-state index contributed by atoms with van der Waals surface area (Å²) >= 11 is 0. The van der Waals surface area contributed by atoms with Gasteiger partial charge in [-0.1, -0.05) is 20.8 Å². The van der Waals surface area contributed by atoms with Crippen LogP contribution in [0.2, 0.25) is 0 Å². The lowest BCUT2D eigenvalue weighted by molar-refractivity contribution is 0.350. The van der Waals surface area contributed by atoms with E-state index in [-0.39, 0.29) is 16.1 Å². The van der Waals surface area contributed by atoms with Crippen LogP contribution in [0.15, 0.2) is 23.2 Å². The summed E-state index contributed by atoms with van der Waals surface area (Å²) in [5.41, 5.74) is 2.19. The number of aromatic nitrogens is 1. The second-order valence-corrected chi connectivity index (χ2v) is 6.57. The first kappa shape index (κ1) is 14.9. The molecule has 0 saturated heterocycles. The van der Waals surface area contributed by atoms with Crippen LogP contribution in [0, 0.1) is 5.41 Å². The number of hydrogen-bond donors (Lipinski definition) is 3. The highest BCUT2D eigenvalue weighted by Crippen LogP contribution is 2.21. The lowest BCUT2D eigenvalue weighted by atomic mass is 9.91. The molecule has 0 aliphatic rings. The minimum atomic E-state index is -3.60. The average Bonchev–Trinajstić information content (AvgIpc) is 2.37. The van der Waals surface area contributed by atoms with Crippen molar-refractivity contribution < 1.29 is 8.42 Å². The van der Waals surface area contributed by atoms with Gasteiger partial charge in [0.2, 0.25) is 10.0 Å². The van der Waals surface area contributed by atoms with Crippen molar-refractivity contribution >= 4 is 15.8 Å². The minimum Gasteiger partial charge on any atom is -0.307 e. The number of hydrazine groups is 1. The molecule has 18 heavy (non-hydrogen) atoms. The molecule has 0 radical (unpaired) electrons. The first-order valence-corrected chi connectivity index (χ1v) is 7.22. The standard InChI is InChI=1S/C11H20N4O2S/c1-4-11(2,3)8-14-18(16,17)9-6-5-7-13-10(9)15-12/h5-7,14H,4,8,12H2,1-3H3,(H,13,15). The first-order valence-electron chi connectivity index (χ1n) is 5.74. The zero-order valence-electron chi connectivity index (χ0n) is 10.9. The van der Waals surface area contributed by atoms with Crippen LogP contribution in [0.4, 0.5) is 5.82 Å². The summed E-state index contributed by atoms with van der Waals surface area (Å²) in [6.45, 7) is 6.39. The molecule has 1 heterocycles. The average molecular weight is 272 g/mol. The second kappa shape index (κ2) is 5.64. The van der Waals surface area contributed by atoms with E-state index in [9.17, 15) is 8.42 Å². The summed E-state index contributed by atoms with van der Waals surface area (Å²) in [6.07, 6.45) is 2.36. The molecule has 0 atom stereocenters. The van der Waals surface area contributed by atoms with E-state index in [0.717, 1.165) is 6.42 Å². The number of nitrogens with two attached hydrogens (primary N) is 1. The molecule has 0 spiro atoms. The van der Waals surface area contributed by atoms with Crippen LogP contribution in [0.1, 0.15) is 27.2 Å². The van der Waals surface area contributed by atoms with Crippen molar-refractivity contribution in [3.63, 3.8) is 0 Å². The molecule has 7 heteroatoms. The smallest absolute Gasteiger partial charge is 0.244 e. The lowest BCUT2D eigenvalue weighted by Crippen LogP contribution is -2.34. The molecule has 1 aromatic rings. The molecule has 0 fully saturated rings. The van der Waals surface area contributed by atoms with Crippen molar-refractivity contribution in [3.05, 3.63) is 18.3 Å². The molecule has 0 aliphatic carbocycles. The Bertz CT molecular complexity index is 500. The number of nitrogens with one attached hydrogen (secondary N) is 2. The molecule has 4 N–H and O–H groups in total. The van der Waals surface area contributed by atoms with Gasteiger partial charge in [-0.05, 0) is 24.0 Å². The van der Waals surface area contributed by atoms with Gasteiger partial charge in [0.25, 0.3) is 0 Å². The Hall–Kier alpha value is -1.18. The number of nitrogens with zero attached hydrogens (tertiary/aromatic N) is 1. The zero-order chi connectivity index (χ0) is 13.8. The van der Waals surface area contributed by atoms with Crippen LogP contribution in [0.25, 0.3) is 0 Å². The van der Waals surface area contributed by atoms with Crippen molar-refractivity contribution in [2.75, 3.05) is 12.0 Å². The molecular weight excluding hydrogens is 252 g/mol. The summed E-state index contributed by atoms with van der Waals surface area (Å²) in [7, 11) is -3.60. The van der Waals surface area contributed by atoms with Crippen LogP contribution in [-0.2, 0) is 10.0 Å². The molecule has 0 aromatic carbocycles.